The molecule has 1 aliphatic heterocycles. The third kappa shape index (κ3) is 3.45. The number of anilines is 2. The first kappa shape index (κ1) is 18.8. The van der Waals surface area contributed by atoms with E-state index >= 15 is 0 Å². The molecule has 8 nitrogen and oxygen atoms in total. The lowest BCUT2D eigenvalue weighted by Crippen LogP contribution is -2.46. The molecular formula is C20H25N5O3. The Labute approximate surface area is 164 Å². The minimum absolute atomic E-state index is 0.00351. The van der Waals surface area contributed by atoms with Gasteiger partial charge < -0.3 is 15.2 Å². The average Bonchev–Trinajstić information content (AvgIpc) is 3.15. The van der Waals surface area contributed by atoms with E-state index in [4.69, 9.17) is 9.72 Å². The largest absolute Gasteiger partial charge is 0.384 e. The van der Waals surface area contributed by atoms with Crippen LogP contribution in [0.25, 0.3) is 11.3 Å². The number of amides is 1. The summed E-state index contributed by atoms with van der Waals surface area (Å²) < 4.78 is 5.47. The summed E-state index contributed by atoms with van der Waals surface area (Å²) >= 11 is 0. The zero-order valence-corrected chi connectivity index (χ0v) is 16.3. The standard InChI is InChI=1S/C20H25N5O3/c1-20(2,27)16-7-4-12(9-21-16)15-10-22-18-19(24-15)25(17(26)11-23-18)13-5-6-14(8-13)28-3/h4,7,9-10,13-14,27H,5-6,8,11H2,1-3H3,(H,22,23)/t13-,14-/m1/s1. The molecule has 8 heteroatoms. The molecule has 0 bridgehead atoms. The lowest BCUT2D eigenvalue weighted by molar-refractivity contribution is -0.117. The molecule has 0 radical (unpaired) electrons. The van der Waals surface area contributed by atoms with Gasteiger partial charge in [-0.1, -0.05) is 0 Å². The first-order chi connectivity index (χ1) is 13.4. The second kappa shape index (κ2) is 7.10. The molecule has 2 aromatic heterocycles. The fraction of sp³-hybridized carbons (Fsp3) is 0.500. The van der Waals surface area contributed by atoms with E-state index in [1.807, 2.05) is 6.07 Å². The van der Waals surface area contributed by atoms with E-state index in [9.17, 15) is 9.90 Å². The van der Waals surface area contributed by atoms with Crippen LogP contribution in [0.5, 0.6) is 0 Å². The predicted molar refractivity (Wildman–Crippen MR) is 105 cm³/mol. The Balaban J connectivity index is 1.67. The lowest BCUT2D eigenvalue weighted by atomic mass is 10.0. The van der Waals surface area contributed by atoms with Crippen molar-refractivity contribution in [1.82, 2.24) is 15.0 Å². The zero-order valence-electron chi connectivity index (χ0n) is 16.3. The van der Waals surface area contributed by atoms with Crippen LogP contribution >= 0.6 is 0 Å². The Morgan fingerprint density at radius 2 is 2.07 bits per heavy atom. The third-order valence-electron chi connectivity index (χ3n) is 5.40. The topological polar surface area (TPSA) is 100 Å². The van der Waals surface area contributed by atoms with Crippen LogP contribution < -0.4 is 10.2 Å². The summed E-state index contributed by atoms with van der Waals surface area (Å²) in [4.78, 5) is 28.0. The van der Waals surface area contributed by atoms with Gasteiger partial charge in [-0.05, 0) is 45.2 Å². The van der Waals surface area contributed by atoms with E-state index < -0.39 is 5.60 Å². The van der Waals surface area contributed by atoms with Crippen molar-refractivity contribution in [2.45, 2.75) is 50.9 Å². The highest BCUT2D eigenvalue weighted by Crippen LogP contribution is 2.35. The summed E-state index contributed by atoms with van der Waals surface area (Å²) in [5.41, 5.74) is 0.990. The Bertz CT molecular complexity index is 878. The molecule has 28 heavy (non-hydrogen) atoms. The predicted octanol–water partition coefficient (Wildman–Crippen LogP) is 2.09. The molecule has 1 amide bonds. The molecule has 2 N–H and O–H groups in total. The van der Waals surface area contributed by atoms with Crippen molar-refractivity contribution < 1.29 is 14.6 Å². The van der Waals surface area contributed by atoms with Crippen LogP contribution in [0.15, 0.2) is 24.5 Å². The van der Waals surface area contributed by atoms with E-state index in [-0.39, 0.29) is 24.6 Å². The monoisotopic (exact) mass is 383 g/mol. The number of hydrogen-bond acceptors (Lipinski definition) is 7. The summed E-state index contributed by atoms with van der Waals surface area (Å²) in [7, 11) is 1.71. The van der Waals surface area contributed by atoms with Gasteiger partial charge in [0.25, 0.3) is 0 Å². The normalized spacial score (nSPS) is 22.1. The van der Waals surface area contributed by atoms with Gasteiger partial charge in [-0.3, -0.25) is 14.7 Å². The van der Waals surface area contributed by atoms with E-state index in [1.165, 1.54) is 0 Å². The van der Waals surface area contributed by atoms with E-state index in [0.29, 0.717) is 23.0 Å². The lowest BCUT2D eigenvalue weighted by Gasteiger charge is -2.33. The highest BCUT2D eigenvalue weighted by Gasteiger charge is 2.37. The fourth-order valence-electron chi connectivity index (χ4n) is 3.82. The number of carbonyl (C=O) groups is 1. The molecule has 2 aromatic rings. The van der Waals surface area contributed by atoms with Crippen molar-refractivity contribution in [3.8, 4) is 11.3 Å². The van der Waals surface area contributed by atoms with Gasteiger partial charge in [-0.15, -0.1) is 0 Å². The maximum Gasteiger partial charge on any atom is 0.247 e. The molecule has 1 saturated carbocycles. The maximum absolute atomic E-state index is 12.7. The minimum Gasteiger partial charge on any atom is -0.384 e. The maximum atomic E-state index is 12.7. The molecule has 148 valence electrons. The minimum atomic E-state index is -1.01. The van der Waals surface area contributed by atoms with E-state index in [0.717, 1.165) is 24.8 Å². The van der Waals surface area contributed by atoms with Crippen molar-refractivity contribution in [2.24, 2.45) is 0 Å². The average molecular weight is 383 g/mol. The number of aliphatic hydroxyl groups is 1. The van der Waals surface area contributed by atoms with Gasteiger partial charge in [0.15, 0.2) is 11.6 Å². The number of nitrogens with one attached hydrogen (secondary N) is 1. The zero-order chi connectivity index (χ0) is 19.9. The molecule has 3 heterocycles. The quantitative estimate of drug-likeness (QED) is 0.834. The van der Waals surface area contributed by atoms with Crippen LogP contribution in [0, 0.1) is 0 Å². The van der Waals surface area contributed by atoms with Crippen LogP contribution in [-0.4, -0.2) is 51.8 Å². The number of carbonyl (C=O) groups excluding carboxylic acids is 1. The summed E-state index contributed by atoms with van der Waals surface area (Å²) in [6.07, 6.45) is 6.14. The first-order valence-corrected chi connectivity index (χ1v) is 9.52. The molecule has 0 unspecified atom stereocenters. The number of hydrogen-bond donors (Lipinski definition) is 2. The number of nitrogens with zero attached hydrogens (tertiary/aromatic N) is 4. The van der Waals surface area contributed by atoms with Gasteiger partial charge >= 0.3 is 0 Å². The van der Waals surface area contributed by atoms with Crippen LogP contribution in [0.1, 0.15) is 38.8 Å². The van der Waals surface area contributed by atoms with Gasteiger partial charge in [0, 0.05) is 24.9 Å². The Morgan fingerprint density at radius 1 is 1.25 bits per heavy atom. The number of rotatable bonds is 4. The molecule has 2 aliphatic rings. The van der Waals surface area contributed by atoms with Gasteiger partial charge in [0.1, 0.15) is 5.60 Å². The SMILES string of the molecule is CO[C@@H]1CC[C@@H](N2C(=O)CNc3ncc(-c4ccc(C(C)(C)O)nc4)nc32)C1. The highest BCUT2D eigenvalue weighted by atomic mass is 16.5. The molecular weight excluding hydrogens is 358 g/mol. The Kier molecular flexibility index (Phi) is 4.76. The second-order valence-corrected chi connectivity index (χ2v) is 7.86. The molecule has 1 fully saturated rings. The fourth-order valence-corrected chi connectivity index (χ4v) is 3.82. The molecule has 0 aromatic carbocycles. The summed E-state index contributed by atoms with van der Waals surface area (Å²) in [6, 6.07) is 3.70. The van der Waals surface area contributed by atoms with Crippen LogP contribution in [-0.2, 0) is 15.1 Å². The van der Waals surface area contributed by atoms with Crippen LogP contribution in [0.3, 0.4) is 0 Å². The van der Waals surface area contributed by atoms with Gasteiger partial charge in [0.05, 0.1) is 30.2 Å². The molecule has 4 rings (SSSR count). The van der Waals surface area contributed by atoms with E-state index in [1.54, 1.807) is 44.3 Å². The third-order valence-corrected chi connectivity index (χ3v) is 5.40. The molecule has 2 atom stereocenters. The number of fused-ring (bicyclic) bond motifs is 1. The highest BCUT2D eigenvalue weighted by molar-refractivity contribution is 6.01. The smallest absolute Gasteiger partial charge is 0.247 e. The van der Waals surface area contributed by atoms with Crippen molar-refractivity contribution >= 4 is 17.5 Å². The first-order valence-electron chi connectivity index (χ1n) is 9.52. The van der Waals surface area contributed by atoms with Crippen molar-refractivity contribution in [3.05, 3.63) is 30.2 Å². The number of ether oxygens (including phenoxy) is 1. The number of pyridine rings is 1. The number of methoxy groups -OCH3 is 1. The molecule has 1 aliphatic carbocycles. The van der Waals surface area contributed by atoms with Crippen molar-refractivity contribution in [1.29, 1.82) is 0 Å². The van der Waals surface area contributed by atoms with Gasteiger partial charge in [0.2, 0.25) is 5.91 Å². The molecule has 0 spiro atoms. The summed E-state index contributed by atoms with van der Waals surface area (Å²) in [6.45, 7) is 3.60. The second-order valence-electron chi connectivity index (χ2n) is 7.86. The summed E-state index contributed by atoms with van der Waals surface area (Å²) in [5.74, 6) is 1.17. The Morgan fingerprint density at radius 3 is 2.71 bits per heavy atom. The summed E-state index contributed by atoms with van der Waals surface area (Å²) in [5, 5.41) is 13.1. The van der Waals surface area contributed by atoms with Crippen molar-refractivity contribution in [3.63, 3.8) is 0 Å². The van der Waals surface area contributed by atoms with Crippen LogP contribution in [0.4, 0.5) is 11.6 Å². The van der Waals surface area contributed by atoms with Gasteiger partial charge in [-0.25, -0.2) is 9.97 Å². The van der Waals surface area contributed by atoms with Crippen molar-refractivity contribution in [2.75, 3.05) is 23.9 Å². The van der Waals surface area contributed by atoms with Gasteiger partial charge in [-0.2, -0.15) is 0 Å². The molecule has 0 saturated heterocycles. The van der Waals surface area contributed by atoms with E-state index in [2.05, 4.69) is 15.3 Å². The number of aromatic nitrogens is 3. The Hall–Kier alpha value is -2.58. The van der Waals surface area contributed by atoms with Crippen LogP contribution in [0.2, 0.25) is 0 Å².